The van der Waals surface area contributed by atoms with E-state index in [1.165, 1.54) is 4.90 Å². The molecule has 1 heterocycles. The van der Waals surface area contributed by atoms with Gasteiger partial charge < -0.3 is 10.6 Å². The summed E-state index contributed by atoms with van der Waals surface area (Å²) >= 11 is 7.60. The molecule has 0 saturated heterocycles. The van der Waals surface area contributed by atoms with E-state index in [9.17, 15) is 0 Å². The number of pyridine rings is 1. The zero-order valence-electron chi connectivity index (χ0n) is 13.1. The van der Waals surface area contributed by atoms with Crippen LogP contribution in [-0.4, -0.2) is 36.8 Å². The maximum atomic E-state index is 5.78. The molecule has 4 nitrogen and oxygen atoms in total. The fraction of sp³-hybridized carbons (Fsp3) is 0.294. The number of benzene rings is 1. The topological polar surface area (TPSA) is 49.3 Å². The number of nitrogens with zero attached hydrogens (tertiary/aromatic N) is 2. The predicted molar refractivity (Wildman–Crippen MR) is 99.5 cm³/mol. The van der Waals surface area contributed by atoms with Crippen molar-refractivity contribution in [1.82, 2.24) is 15.6 Å². The summed E-state index contributed by atoms with van der Waals surface area (Å²) in [7, 11) is 1.78. The molecular formula is C17H21ClN4S. The summed E-state index contributed by atoms with van der Waals surface area (Å²) in [4.78, 5) is 9.59. The maximum Gasteiger partial charge on any atom is 0.191 e. The monoisotopic (exact) mass is 348 g/mol. The zero-order valence-corrected chi connectivity index (χ0v) is 14.7. The first-order valence-electron chi connectivity index (χ1n) is 7.51. The molecule has 2 rings (SSSR count). The van der Waals surface area contributed by atoms with Gasteiger partial charge in [0.25, 0.3) is 0 Å². The molecule has 2 aromatic rings. The molecule has 0 atom stereocenters. The SMILES string of the molecule is CN=C(NCCSc1ccccc1)NCCc1ccc(Cl)nc1. The second-order valence-electron chi connectivity index (χ2n) is 4.83. The first-order valence-corrected chi connectivity index (χ1v) is 8.87. The zero-order chi connectivity index (χ0) is 16.3. The van der Waals surface area contributed by atoms with Crippen molar-refractivity contribution in [3.8, 4) is 0 Å². The Morgan fingerprint density at radius 3 is 2.61 bits per heavy atom. The molecular weight excluding hydrogens is 328 g/mol. The number of guanidine groups is 1. The summed E-state index contributed by atoms with van der Waals surface area (Å²) in [5, 5.41) is 7.14. The van der Waals surface area contributed by atoms with Crippen LogP contribution in [0, 0.1) is 0 Å². The number of hydrogen-bond donors (Lipinski definition) is 2. The van der Waals surface area contributed by atoms with E-state index in [-0.39, 0.29) is 0 Å². The molecule has 122 valence electrons. The molecule has 2 N–H and O–H groups in total. The lowest BCUT2D eigenvalue weighted by molar-refractivity contribution is 0.810. The highest BCUT2D eigenvalue weighted by molar-refractivity contribution is 7.99. The first-order chi connectivity index (χ1) is 11.3. The Kier molecular flexibility index (Phi) is 7.77. The fourth-order valence-electron chi connectivity index (χ4n) is 1.96. The van der Waals surface area contributed by atoms with E-state index in [0.29, 0.717) is 5.15 Å². The van der Waals surface area contributed by atoms with E-state index in [1.807, 2.05) is 30.0 Å². The summed E-state index contributed by atoms with van der Waals surface area (Å²) in [5.41, 5.74) is 1.15. The molecule has 1 aromatic heterocycles. The van der Waals surface area contributed by atoms with E-state index in [0.717, 1.165) is 36.8 Å². The van der Waals surface area contributed by atoms with Crippen molar-refractivity contribution in [2.45, 2.75) is 11.3 Å². The summed E-state index contributed by atoms with van der Waals surface area (Å²) in [6.07, 6.45) is 2.68. The summed E-state index contributed by atoms with van der Waals surface area (Å²) < 4.78 is 0. The third-order valence-corrected chi connectivity index (χ3v) is 4.36. The van der Waals surface area contributed by atoms with Gasteiger partial charge in [-0.2, -0.15) is 0 Å². The third kappa shape index (κ3) is 6.93. The van der Waals surface area contributed by atoms with Crippen LogP contribution in [0.1, 0.15) is 5.56 Å². The Balaban J connectivity index is 1.62. The van der Waals surface area contributed by atoms with Gasteiger partial charge in [-0.15, -0.1) is 11.8 Å². The van der Waals surface area contributed by atoms with Crippen LogP contribution in [0.5, 0.6) is 0 Å². The number of thioether (sulfide) groups is 1. The lowest BCUT2D eigenvalue weighted by Crippen LogP contribution is -2.39. The van der Waals surface area contributed by atoms with E-state index in [4.69, 9.17) is 11.6 Å². The molecule has 0 bridgehead atoms. The van der Waals surface area contributed by atoms with Gasteiger partial charge in [-0.3, -0.25) is 4.99 Å². The van der Waals surface area contributed by atoms with E-state index in [2.05, 4.69) is 44.9 Å². The quantitative estimate of drug-likeness (QED) is 0.265. The van der Waals surface area contributed by atoms with Crippen molar-refractivity contribution in [2.24, 2.45) is 4.99 Å². The van der Waals surface area contributed by atoms with Crippen LogP contribution in [0.4, 0.5) is 0 Å². The Labute approximate surface area is 146 Å². The number of aromatic nitrogens is 1. The third-order valence-electron chi connectivity index (χ3n) is 3.12. The minimum absolute atomic E-state index is 0.523. The molecule has 0 unspecified atom stereocenters. The summed E-state index contributed by atoms with van der Waals surface area (Å²) in [5.74, 6) is 1.81. The van der Waals surface area contributed by atoms with Crippen LogP contribution < -0.4 is 10.6 Å². The molecule has 0 aliphatic rings. The van der Waals surface area contributed by atoms with Crippen LogP contribution in [0.15, 0.2) is 58.5 Å². The molecule has 0 spiro atoms. The minimum atomic E-state index is 0.523. The van der Waals surface area contributed by atoms with Gasteiger partial charge in [0.15, 0.2) is 5.96 Å². The van der Waals surface area contributed by atoms with Gasteiger partial charge in [-0.05, 0) is 30.2 Å². The second-order valence-corrected chi connectivity index (χ2v) is 6.38. The predicted octanol–water partition coefficient (Wildman–Crippen LogP) is 3.23. The second kappa shape index (κ2) is 10.1. The lowest BCUT2D eigenvalue weighted by Gasteiger charge is -2.11. The standard InChI is InChI=1S/C17H21ClN4S/c1-19-17(20-10-9-14-7-8-16(18)22-13-14)21-11-12-23-15-5-3-2-4-6-15/h2-8,13H,9-12H2,1H3,(H2,19,20,21). The van der Waals surface area contributed by atoms with Gasteiger partial charge in [0, 0.05) is 37.0 Å². The summed E-state index contributed by atoms with van der Waals surface area (Å²) in [6, 6.07) is 14.2. The molecule has 6 heteroatoms. The summed E-state index contributed by atoms with van der Waals surface area (Å²) in [6.45, 7) is 1.66. The number of rotatable bonds is 7. The molecule has 23 heavy (non-hydrogen) atoms. The number of hydrogen-bond acceptors (Lipinski definition) is 3. The molecule has 0 radical (unpaired) electrons. The average Bonchev–Trinajstić information content (AvgIpc) is 2.59. The first kappa shape index (κ1) is 17.6. The van der Waals surface area contributed by atoms with Gasteiger partial charge in [0.2, 0.25) is 0 Å². The minimum Gasteiger partial charge on any atom is -0.356 e. The van der Waals surface area contributed by atoms with Crippen molar-refractivity contribution in [1.29, 1.82) is 0 Å². The van der Waals surface area contributed by atoms with Gasteiger partial charge in [0.05, 0.1) is 0 Å². The fourth-order valence-corrected chi connectivity index (χ4v) is 2.86. The molecule has 0 amide bonds. The van der Waals surface area contributed by atoms with Crippen LogP contribution in [0.2, 0.25) is 5.15 Å². The molecule has 0 aliphatic carbocycles. The van der Waals surface area contributed by atoms with Crippen molar-refractivity contribution in [3.63, 3.8) is 0 Å². The number of halogens is 1. The van der Waals surface area contributed by atoms with Gasteiger partial charge in [-0.25, -0.2) is 4.98 Å². The molecule has 0 fully saturated rings. The smallest absolute Gasteiger partial charge is 0.191 e. The van der Waals surface area contributed by atoms with E-state index >= 15 is 0 Å². The Bertz CT molecular complexity index is 602. The Morgan fingerprint density at radius 2 is 1.91 bits per heavy atom. The van der Waals surface area contributed by atoms with Gasteiger partial charge >= 0.3 is 0 Å². The van der Waals surface area contributed by atoms with E-state index < -0.39 is 0 Å². The van der Waals surface area contributed by atoms with Crippen molar-refractivity contribution >= 4 is 29.3 Å². The normalized spacial score (nSPS) is 11.3. The van der Waals surface area contributed by atoms with E-state index in [1.54, 1.807) is 13.2 Å². The highest BCUT2D eigenvalue weighted by Crippen LogP contribution is 2.15. The van der Waals surface area contributed by atoms with Crippen LogP contribution in [0.3, 0.4) is 0 Å². The van der Waals surface area contributed by atoms with Gasteiger partial charge in [0.1, 0.15) is 5.15 Å². The number of aliphatic imine (C=N–C) groups is 1. The van der Waals surface area contributed by atoms with Crippen molar-refractivity contribution in [2.75, 3.05) is 25.9 Å². The van der Waals surface area contributed by atoms with Crippen LogP contribution in [-0.2, 0) is 6.42 Å². The Morgan fingerprint density at radius 1 is 1.13 bits per heavy atom. The molecule has 0 aliphatic heterocycles. The lowest BCUT2D eigenvalue weighted by atomic mass is 10.2. The van der Waals surface area contributed by atoms with Crippen molar-refractivity contribution < 1.29 is 0 Å². The highest BCUT2D eigenvalue weighted by Gasteiger charge is 1.99. The average molecular weight is 349 g/mol. The molecule has 0 saturated carbocycles. The largest absolute Gasteiger partial charge is 0.356 e. The van der Waals surface area contributed by atoms with Crippen LogP contribution in [0.25, 0.3) is 0 Å². The Hall–Kier alpha value is -1.72. The van der Waals surface area contributed by atoms with Crippen molar-refractivity contribution in [3.05, 3.63) is 59.4 Å². The highest BCUT2D eigenvalue weighted by atomic mass is 35.5. The number of nitrogens with one attached hydrogen (secondary N) is 2. The maximum absolute atomic E-state index is 5.78. The van der Waals surface area contributed by atoms with Gasteiger partial charge in [-0.1, -0.05) is 35.9 Å². The van der Waals surface area contributed by atoms with Crippen LogP contribution >= 0.6 is 23.4 Å². The molecule has 1 aromatic carbocycles.